The Morgan fingerprint density at radius 2 is 0.913 bits per heavy atom. The summed E-state index contributed by atoms with van der Waals surface area (Å²) in [6.45, 7) is 6.11. The van der Waals surface area contributed by atoms with Crippen molar-refractivity contribution in [3.8, 4) is 11.5 Å². The minimum Gasteiger partial charge on any atom is -0.315 e. The van der Waals surface area contributed by atoms with Crippen LogP contribution in [0.15, 0.2) is 17.4 Å². The summed E-state index contributed by atoms with van der Waals surface area (Å²) in [4.78, 5) is 31.0. The zero-order valence-electron chi connectivity index (χ0n) is 30.0. The Balaban J connectivity index is 1.27. The van der Waals surface area contributed by atoms with Crippen LogP contribution in [0.3, 0.4) is 0 Å². The fourth-order valence-electron chi connectivity index (χ4n) is 6.84. The number of imidazole rings is 2. The number of rotatable bonds is 30. The highest BCUT2D eigenvalue weighted by molar-refractivity contribution is 5.84. The maximum absolute atomic E-state index is 12.8. The molecule has 0 bridgehead atoms. The monoisotopic (exact) mass is 637 g/mol. The third kappa shape index (κ3) is 14.6. The Morgan fingerprint density at radius 1 is 0.500 bits per heavy atom. The molecule has 260 valence electrons. The van der Waals surface area contributed by atoms with Gasteiger partial charge in [-0.05, 0) is 12.8 Å². The van der Waals surface area contributed by atoms with Gasteiger partial charge in [-0.25, -0.2) is 19.7 Å². The van der Waals surface area contributed by atoms with Crippen molar-refractivity contribution in [2.45, 2.75) is 207 Å². The van der Waals surface area contributed by atoms with Crippen molar-refractivity contribution in [3.63, 3.8) is 0 Å². The number of unbranched alkanes of at least 4 members (excludes halogenated alkanes) is 26. The molecule has 3 heterocycles. The average Bonchev–Trinajstić information content (AvgIpc) is 3.54. The minimum absolute atomic E-state index is 0.216. The lowest BCUT2D eigenvalue weighted by Crippen LogP contribution is -2.17. The molecular formula is C39H68N6O. The van der Waals surface area contributed by atoms with E-state index in [1.807, 2.05) is 6.33 Å². The van der Waals surface area contributed by atoms with E-state index in [-0.39, 0.29) is 5.69 Å². The fraction of sp³-hybridized carbons (Fsp3) is 0.821. The Bertz CT molecular complexity index is 1190. The van der Waals surface area contributed by atoms with Crippen LogP contribution in [0, 0.1) is 0 Å². The van der Waals surface area contributed by atoms with Gasteiger partial charge in [-0.3, -0.25) is 4.57 Å². The zero-order chi connectivity index (χ0) is 32.5. The molecule has 0 radical (unpaired) electrons. The van der Waals surface area contributed by atoms with Gasteiger partial charge < -0.3 is 4.57 Å². The summed E-state index contributed by atoms with van der Waals surface area (Å²) < 4.78 is 3.83. The summed E-state index contributed by atoms with van der Waals surface area (Å²) in [6, 6.07) is 0. The van der Waals surface area contributed by atoms with Crippen molar-refractivity contribution in [2.75, 3.05) is 0 Å². The molecule has 0 saturated carbocycles. The number of aromatic nitrogens is 6. The second-order valence-corrected chi connectivity index (χ2v) is 13.9. The first-order chi connectivity index (χ1) is 22.8. The van der Waals surface area contributed by atoms with Crippen molar-refractivity contribution in [1.29, 1.82) is 0 Å². The molecule has 1 aromatic heterocycles. The standard InChI is InChI=1S/C39H68N6O/c1-3-5-7-9-11-13-15-17-18-19-20-22-24-26-28-30-32-45-38-36(43-39(45)46)35-37(40-33-41-38)44(34-42-35)31-29-27-25-23-21-16-14-12-10-8-6-4-2/h33-34H,3-32H2,1-2H3. The minimum atomic E-state index is -0.216. The van der Waals surface area contributed by atoms with Gasteiger partial charge in [0.25, 0.3) is 0 Å². The van der Waals surface area contributed by atoms with Crippen LogP contribution >= 0.6 is 0 Å². The zero-order valence-corrected chi connectivity index (χ0v) is 30.0. The molecule has 0 aromatic carbocycles. The van der Waals surface area contributed by atoms with E-state index in [2.05, 4.69) is 38.4 Å². The molecule has 0 saturated heterocycles. The normalized spacial score (nSPS) is 11.8. The highest BCUT2D eigenvalue weighted by atomic mass is 16.1. The molecule has 0 unspecified atom stereocenters. The molecule has 0 N–H and O–H groups in total. The quantitative estimate of drug-likeness (QED) is 0.0680. The van der Waals surface area contributed by atoms with Crippen molar-refractivity contribution < 1.29 is 0 Å². The first kappa shape index (κ1) is 38.1. The summed E-state index contributed by atoms with van der Waals surface area (Å²) >= 11 is 0. The fourth-order valence-corrected chi connectivity index (χ4v) is 6.84. The third-order valence-electron chi connectivity index (χ3n) is 9.79. The molecule has 0 aliphatic carbocycles. The molecule has 7 heteroatoms. The van der Waals surface area contributed by atoms with E-state index in [1.165, 1.54) is 161 Å². The van der Waals surface area contributed by atoms with Crippen molar-refractivity contribution in [1.82, 2.24) is 29.1 Å². The van der Waals surface area contributed by atoms with E-state index in [0.717, 1.165) is 31.5 Å². The smallest absolute Gasteiger partial charge is 0.315 e. The van der Waals surface area contributed by atoms with E-state index in [4.69, 9.17) is 0 Å². The summed E-state index contributed by atoms with van der Waals surface area (Å²) in [6.07, 6.45) is 40.9. The molecule has 0 amide bonds. The van der Waals surface area contributed by atoms with Crippen LogP contribution in [0.5, 0.6) is 0 Å². The number of hydrogen-bond acceptors (Lipinski definition) is 5. The van der Waals surface area contributed by atoms with Crippen LogP contribution in [-0.2, 0) is 13.1 Å². The molecule has 2 aliphatic rings. The lowest BCUT2D eigenvalue weighted by atomic mass is 10.0. The summed E-state index contributed by atoms with van der Waals surface area (Å²) in [7, 11) is 0. The Hall–Kier alpha value is -2.31. The Kier molecular flexibility index (Phi) is 20.6. The Labute approximate surface area is 281 Å². The molecule has 3 rings (SSSR count). The molecule has 0 fully saturated rings. The van der Waals surface area contributed by atoms with E-state index in [9.17, 15) is 4.79 Å². The average molecular weight is 637 g/mol. The van der Waals surface area contributed by atoms with Crippen molar-refractivity contribution in [3.05, 3.63) is 23.1 Å². The van der Waals surface area contributed by atoms with Gasteiger partial charge in [0.05, 0.1) is 6.33 Å². The maximum Gasteiger partial charge on any atom is 0.350 e. The molecule has 2 aliphatic heterocycles. The highest BCUT2D eigenvalue weighted by Gasteiger charge is 2.20. The van der Waals surface area contributed by atoms with Gasteiger partial charge in [0.1, 0.15) is 17.5 Å². The second kappa shape index (κ2) is 24.8. The molecule has 0 spiro atoms. The van der Waals surface area contributed by atoms with E-state index in [0.29, 0.717) is 23.6 Å². The SMILES string of the molecule is CCCCCCCCCCCCCCCCCCn1c2ncnc3c(ncn3CCCCCCCCCCCCCC)c-2nc1=O. The number of nitrogens with zero attached hydrogens (tertiary/aromatic N) is 6. The molecular weight excluding hydrogens is 568 g/mol. The van der Waals surface area contributed by atoms with E-state index < -0.39 is 0 Å². The Morgan fingerprint density at radius 3 is 1.37 bits per heavy atom. The van der Waals surface area contributed by atoms with Gasteiger partial charge in [0.15, 0.2) is 11.5 Å². The lowest BCUT2D eigenvalue weighted by molar-refractivity contribution is 0.519. The molecule has 1 aromatic rings. The molecule has 7 nitrogen and oxygen atoms in total. The molecule has 0 atom stereocenters. The first-order valence-electron chi connectivity index (χ1n) is 19.8. The first-order valence-corrected chi connectivity index (χ1v) is 19.8. The summed E-state index contributed by atoms with van der Waals surface area (Å²) in [5, 5.41) is 0. The van der Waals surface area contributed by atoms with Gasteiger partial charge in [-0.15, -0.1) is 0 Å². The van der Waals surface area contributed by atoms with Crippen LogP contribution in [0.2, 0.25) is 0 Å². The van der Waals surface area contributed by atoms with Gasteiger partial charge in [-0.2, -0.15) is 4.98 Å². The van der Waals surface area contributed by atoms with Gasteiger partial charge in [0.2, 0.25) is 0 Å². The number of aryl methyl sites for hydroxylation is 1. The van der Waals surface area contributed by atoms with Crippen LogP contribution in [0.1, 0.15) is 194 Å². The maximum atomic E-state index is 12.8. The van der Waals surface area contributed by atoms with Crippen LogP contribution in [-0.4, -0.2) is 29.1 Å². The number of fused-ring (bicyclic) bond motifs is 3. The predicted molar refractivity (Wildman–Crippen MR) is 195 cm³/mol. The number of hydrogen-bond donors (Lipinski definition) is 0. The topological polar surface area (TPSA) is 78.5 Å². The second-order valence-electron chi connectivity index (χ2n) is 13.9. The molecule has 46 heavy (non-hydrogen) atoms. The van der Waals surface area contributed by atoms with Crippen molar-refractivity contribution >= 4 is 11.2 Å². The van der Waals surface area contributed by atoms with E-state index >= 15 is 0 Å². The van der Waals surface area contributed by atoms with Crippen LogP contribution in [0.25, 0.3) is 22.7 Å². The van der Waals surface area contributed by atoms with E-state index in [1.54, 1.807) is 10.9 Å². The van der Waals surface area contributed by atoms with Gasteiger partial charge in [-0.1, -0.05) is 181 Å². The van der Waals surface area contributed by atoms with Crippen molar-refractivity contribution in [2.24, 2.45) is 0 Å². The highest BCUT2D eigenvalue weighted by Crippen LogP contribution is 2.23. The van der Waals surface area contributed by atoms with Crippen LogP contribution < -0.4 is 5.69 Å². The lowest BCUT2D eigenvalue weighted by Gasteiger charge is -2.05. The summed E-state index contributed by atoms with van der Waals surface area (Å²) in [5.41, 5.74) is 1.83. The van der Waals surface area contributed by atoms with Gasteiger partial charge in [0, 0.05) is 13.1 Å². The van der Waals surface area contributed by atoms with Crippen LogP contribution in [0.4, 0.5) is 0 Å². The summed E-state index contributed by atoms with van der Waals surface area (Å²) in [5.74, 6) is 0.615. The third-order valence-corrected chi connectivity index (χ3v) is 9.79. The predicted octanol–water partition coefficient (Wildman–Crippen LogP) is 11.5. The largest absolute Gasteiger partial charge is 0.350 e. The van der Waals surface area contributed by atoms with Gasteiger partial charge >= 0.3 is 5.69 Å².